The number of nitrogens with zero attached hydrogens (tertiary/aromatic N) is 5. The zero-order valence-electron chi connectivity index (χ0n) is 16.1. The summed E-state index contributed by atoms with van der Waals surface area (Å²) in [6, 6.07) is 6.54. The molecule has 152 valence electrons. The largest absolute Gasteiger partial charge is 0.384 e. The third-order valence-electron chi connectivity index (χ3n) is 6.17. The molecule has 2 N–H and O–H groups in total. The van der Waals surface area contributed by atoms with Gasteiger partial charge in [-0.2, -0.15) is 16.7 Å². The van der Waals surface area contributed by atoms with Crippen LogP contribution < -0.4 is 16.2 Å². The van der Waals surface area contributed by atoms with Crippen LogP contribution in [-0.4, -0.2) is 63.0 Å². The summed E-state index contributed by atoms with van der Waals surface area (Å²) in [4.78, 5) is 39.2. The molecule has 5 heterocycles. The van der Waals surface area contributed by atoms with Gasteiger partial charge in [-0.05, 0) is 18.6 Å². The second-order valence-corrected chi connectivity index (χ2v) is 9.15. The second-order valence-electron chi connectivity index (χ2n) is 7.92. The molecule has 2 bridgehead atoms. The summed E-state index contributed by atoms with van der Waals surface area (Å²) in [6.45, 7) is 2.84. The van der Waals surface area contributed by atoms with Crippen molar-refractivity contribution in [2.24, 2.45) is 5.92 Å². The Morgan fingerprint density at radius 3 is 2.79 bits per heavy atom. The molecule has 29 heavy (non-hydrogen) atoms. The molecule has 2 aromatic heterocycles. The molecule has 3 aliphatic heterocycles. The van der Waals surface area contributed by atoms with Crippen molar-refractivity contribution in [3.63, 3.8) is 0 Å². The lowest BCUT2D eigenvalue weighted by Gasteiger charge is -2.47. The molecule has 3 atom stereocenters. The molecule has 9 heteroatoms. The van der Waals surface area contributed by atoms with E-state index >= 15 is 0 Å². The fraction of sp³-hybridized carbons (Fsp3) is 0.500. The number of pyridine rings is 1. The number of amides is 1. The Labute approximate surface area is 173 Å². The topological polar surface area (TPSA) is 97.4 Å². The second kappa shape index (κ2) is 7.37. The molecule has 0 unspecified atom stereocenters. The molecule has 0 aromatic carbocycles. The summed E-state index contributed by atoms with van der Waals surface area (Å²) in [5.41, 5.74) is 6.71. The Morgan fingerprint density at radius 2 is 2.00 bits per heavy atom. The van der Waals surface area contributed by atoms with Gasteiger partial charge < -0.3 is 15.5 Å². The van der Waals surface area contributed by atoms with Crippen LogP contribution in [0.3, 0.4) is 0 Å². The fourth-order valence-electron chi connectivity index (χ4n) is 4.90. The zero-order chi connectivity index (χ0) is 20.0. The first-order valence-electron chi connectivity index (χ1n) is 10.0. The van der Waals surface area contributed by atoms with Crippen LogP contribution >= 0.6 is 11.8 Å². The van der Waals surface area contributed by atoms with Crippen molar-refractivity contribution in [2.45, 2.75) is 18.4 Å². The highest BCUT2D eigenvalue weighted by atomic mass is 32.2. The number of carbonyl (C=O) groups is 1. The minimum atomic E-state index is -0.470. The molecule has 0 radical (unpaired) electrons. The maximum Gasteiger partial charge on any atom is 0.251 e. The summed E-state index contributed by atoms with van der Waals surface area (Å²) in [6.07, 6.45) is 2.55. The van der Waals surface area contributed by atoms with E-state index in [1.807, 2.05) is 22.7 Å². The standard InChI is InChI=1S/C20H24N6O2S/c21-16-4-5-22-20(23-16)25-11-13-10-14(12-25)18(19(28)24-6-8-29-9-7-24)26-15(13)2-1-3-17(26)27/h1-5,13-14,18H,6-12H2,(H2,21,22,23)/t13-,14+,18+/m0/s1. The normalized spacial score (nSPS) is 26.1. The number of nitrogens with two attached hydrogens (primary N) is 1. The molecule has 2 fully saturated rings. The monoisotopic (exact) mass is 412 g/mol. The number of carbonyl (C=O) groups excluding carboxylic acids is 1. The Hall–Kier alpha value is -2.55. The lowest BCUT2D eigenvalue weighted by atomic mass is 9.78. The van der Waals surface area contributed by atoms with E-state index in [2.05, 4.69) is 14.9 Å². The van der Waals surface area contributed by atoms with E-state index in [1.54, 1.807) is 29.0 Å². The number of anilines is 2. The van der Waals surface area contributed by atoms with Gasteiger partial charge in [0, 0.05) is 67.5 Å². The highest BCUT2D eigenvalue weighted by Crippen LogP contribution is 2.42. The average Bonchev–Trinajstić information content (AvgIpc) is 2.75. The molecule has 0 aliphatic carbocycles. The van der Waals surface area contributed by atoms with Crippen LogP contribution in [0.5, 0.6) is 0 Å². The van der Waals surface area contributed by atoms with Crippen LogP contribution in [0.2, 0.25) is 0 Å². The Bertz CT molecular complexity index is 989. The van der Waals surface area contributed by atoms with Crippen LogP contribution in [0.4, 0.5) is 11.8 Å². The molecule has 2 aromatic rings. The summed E-state index contributed by atoms with van der Waals surface area (Å²) in [5, 5.41) is 0. The predicted molar refractivity (Wildman–Crippen MR) is 113 cm³/mol. The number of hydrogen-bond donors (Lipinski definition) is 1. The van der Waals surface area contributed by atoms with Gasteiger partial charge in [0.15, 0.2) is 0 Å². The van der Waals surface area contributed by atoms with E-state index < -0.39 is 6.04 Å². The molecule has 2 saturated heterocycles. The SMILES string of the molecule is Nc1ccnc(N2C[C@@H]3C[C@H](C2)[C@H](C(=O)N2CCSCC2)n2c3cccc2=O)n1. The highest BCUT2D eigenvalue weighted by Gasteiger charge is 2.45. The molecular formula is C20H24N6O2S. The van der Waals surface area contributed by atoms with Gasteiger partial charge in [0.2, 0.25) is 11.9 Å². The summed E-state index contributed by atoms with van der Waals surface area (Å²) >= 11 is 1.87. The number of hydrogen-bond acceptors (Lipinski definition) is 7. The third-order valence-corrected chi connectivity index (χ3v) is 7.11. The van der Waals surface area contributed by atoms with E-state index in [0.717, 1.165) is 36.7 Å². The molecule has 1 amide bonds. The van der Waals surface area contributed by atoms with Crippen molar-refractivity contribution in [2.75, 3.05) is 48.3 Å². The van der Waals surface area contributed by atoms with E-state index in [1.165, 1.54) is 0 Å². The van der Waals surface area contributed by atoms with E-state index in [9.17, 15) is 9.59 Å². The van der Waals surface area contributed by atoms with Crippen LogP contribution in [-0.2, 0) is 4.79 Å². The van der Waals surface area contributed by atoms with Crippen LogP contribution in [0.25, 0.3) is 0 Å². The van der Waals surface area contributed by atoms with Gasteiger partial charge in [-0.1, -0.05) is 6.07 Å². The van der Waals surface area contributed by atoms with E-state index in [4.69, 9.17) is 5.73 Å². The summed E-state index contributed by atoms with van der Waals surface area (Å²) < 4.78 is 1.76. The van der Waals surface area contributed by atoms with Crippen molar-refractivity contribution in [1.82, 2.24) is 19.4 Å². The minimum absolute atomic E-state index is 0.0356. The Balaban J connectivity index is 1.55. The minimum Gasteiger partial charge on any atom is -0.384 e. The number of fused-ring (bicyclic) bond motifs is 4. The smallest absolute Gasteiger partial charge is 0.251 e. The van der Waals surface area contributed by atoms with E-state index in [-0.39, 0.29) is 23.3 Å². The first kappa shape index (κ1) is 18.5. The van der Waals surface area contributed by atoms with E-state index in [0.29, 0.717) is 24.9 Å². The Morgan fingerprint density at radius 1 is 1.17 bits per heavy atom. The molecule has 5 rings (SSSR count). The van der Waals surface area contributed by atoms with Gasteiger partial charge in [-0.25, -0.2) is 4.98 Å². The van der Waals surface area contributed by atoms with Crippen molar-refractivity contribution in [1.29, 1.82) is 0 Å². The quantitative estimate of drug-likeness (QED) is 0.785. The maximum absolute atomic E-state index is 13.6. The van der Waals surface area contributed by atoms with Gasteiger partial charge in [0.25, 0.3) is 5.56 Å². The van der Waals surface area contributed by atoms with Crippen LogP contribution in [0.15, 0.2) is 35.3 Å². The zero-order valence-corrected chi connectivity index (χ0v) is 16.9. The average molecular weight is 413 g/mol. The summed E-state index contributed by atoms with van der Waals surface area (Å²) in [7, 11) is 0. The first-order chi connectivity index (χ1) is 14.1. The van der Waals surface area contributed by atoms with Crippen molar-refractivity contribution in [3.8, 4) is 0 Å². The number of thioether (sulfide) groups is 1. The lowest BCUT2D eigenvalue weighted by Crippen LogP contribution is -2.55. The highest BCUT2D eigenvalue weighted by molar-refractivity contribution is 7.99. The lowest BCUT2D eigenvalue weighted by molar-refractivity contribution is -0.137. The number of aromatic nitrogens is 3. The predicted octanol–water partition coefficient (Wildman–Crippen LogP) is 0.961. The van der Waals surface area contributed by atoms with Gasteiger partial charge in [0.1, 0.15) is 11.9 Å². The van der Waals surface area contributed by atoms with Crippen molar-refractivity contribution >= 4 is 29.4 Å². The molecule has 0 saturated carbocycles. The van der Waals surface area contributed by atoms with Gasteiger partial charge >= 0.3 is 0 Å². The number of nitrogen functional groups attached to an aromatic ring is 1. The first-order valence-corrected chi connectivity index (χ1v) is 11.2. The fourth-order valence-corrected chi connectivity index (χ4v) is 5.80. The van der Waals surface area contributed by atoms with Gasteiger partial charge in [-0.3, -0.25) is 14.2 Å². The van der Waals surface area contributed by atoms with Crippen LogP contribution in [0.1, 0.15) is 24.1 Å². The number of piperidine rings is 1. The maximum atomic E-state index is 13.6. The number of rotatable bonds is 2. The molecular weight excluding hydrogens is 388 g/mol. The Kier molecular flexibility index (Phi) is 4.69. The third kappa shape index (κ3) is 3.27. The van der Waals surface area contributed by atoms with Gasteiger partial charge in [-0.15, -0.1) is 0 Å². The van der Waals surface area contributed by atoms with Crippen LogP contribution in [0, 0.1) is 5.92 Å². The molecule has 8 nitrogen and oxygen atoms in total. The van der Waals surface area contributed by atoms with Gasteiger partial charge in [0.05, 0.1) is 0 Å². The molecule has 0 spiro atoms. The summed E-state index contributed by atoms with van der Waals surface area (Å²) in [5.74, 6) is 3.19. The molecule has 3 aliphatic rings. The van der Waals surface area contributed by atoms with Crippen molar-refractivity contribution in [3.05, 3.63) is 46.5 Å². The van der Waals surface area contributed by atoms with Crippen molar-refractivity contribution < 1.29 is 4.79 Å².